The number of hydrogen-bond acceptors (Lipinski definition) is 3. The van der Waals surface area contributed by atoms with Gasteiger partial charge in [-0.15, -0.1) is 0 Å². The summed E-state index contributed by atoms with van der Waals surface area (Å²) in [5.41, 5.74) is 1.50. The van der Waals surface area contributed by atoms with E-state index >= 15 is 0 Å². The monoisotopic (exact) mass is 429 g/mol. The van der Waals surface area contributed by atoms with Crippen molar-refractivity contribution in [1.29, 1.82) is 0 Å². The molecule has 31 heavy (non-hydrogen) atoms. The van der Waals surface area contributed by atoms with E-state index in [2.05, 4.69) is 24.1 Å². The highest BCUT2D eigenvalue weighted by atomic mass is 19.4. The van der Waals surface area contributed by atoms with Gasteiger partial charge >= 0.3 is 6.18 Å². The van der Waals surface area contributed by atoms with Crippen LogP contribution in [0.15, 0.2) is 54.6 Å². The molecule has 3 rings (SSSR count). The Morgan fingerprint density at radius 2 is 1.81 bits per heavy atom. The molecule has 1 atom stereocenters. The normalized spacial score (nSPS) is 12.6. The van der Waals surface area contributed by atoms with Crippen molar-refractivity contribution < 1.29 is 18.0 Å². The molecule has 0 unspecified atom stereocenters. The lowest BCUT2D eigenvalue weighted by atomic mass is 10.1. The predicted molar refractivity (Wildman–Crippen MR) is 118 cm³/mol. The number of rotatable bonds is 7. The number of aromatic nitrogens is 1. The van der Waals surface area contributed by atoms with E-state index in [0.717, 1.165) is 35.3 Å². The van der Waals surface area contributed by atoms with Gasteiger partial charge in [0.05, 0.1) is 11.1 Å². The van der Waals surface area contributed by atoms with E-state index in [1.165, 1.54) is 12.1 Å². The number of fused-ring (bicyclic) bond motifs is 1. The van der Waals surface area contributed by atoms with Crippen LogP contribution in [0.4, 0.5) is 24.7 Å². The highest BCUT2D eigenvalue weighted by Gasteiger charge is 2.29. The number of carbonyl (C=O) groups is 1. The summed E-state index contributed by atoms with van der Waals surface area (Å²) in [4.78, 5) is 19.1. The van der Waals surface area contributed by atoms with Crippen LogP contribution in [-0.2, 0) is 17.4 Å². The fraction of sp³-hybridized carbons (Fsp3) is 0.333. The minimum atomic E-state index is -4.36. The number of amides is 1. The number of nitrogens with one attached hydrogen (secondary N) is 1. The molecule has 164 valence electrons. The zero-order valence-corrected chi connectivity index (χ0v) is 17.8. The van der Waals surface area contributed by atoms with Crippen LogP contribution in [0.5, 0.6) is 0 Å². The summed E-state index contributed by atoms with van der Waals surface area (Å²) in [6.45, 7) is 4.28. The number of nitrogens with zero attached hydrogens (tertiary/aromatic N) is 2. The van der Waals surface area contributed by atoms with E-state index in [-0.39, 0.29) is 12.3 Å². The summed E-state index contributed by atoms with van der Waals surface area (Å²) in [5, 5.41) is 3.77. The number of aryl methyl sites for hydroxylation is 1. The van der Waals surface area contributed by atoms with E-state index < -0.39 is 11.7 Å². The first-order chi connectivity index (χ1) is 14.7. The Labute approximate surface area is 180 Å². The summed E-state index contributed by atoms with van der Waals surface area (Å²) < 4.78 is 37.9. The fourth-order valence-electron chi connectivity index (χ4n) is 3.23. The quantitative estimate of drug-likeness (QED) is 0.497. The van der Waals surface area contributed by atoms with Crippen molar-refractivity contribution >= 4 is 28.3 Å². The second kappa shape index (κ2) is 9.37. The third kappa shape index (κ3) is 5.75. The van der Waals surface area contributed by atoms with Crippen molar-refractivity contribution in [2.75, 3.05) is 17.3 Å². The maximum Gasteiger partial charge on any atom is 0.416 e. The molecule has 0 fully saturated rings. The van der Waals surface area contributed by atoms with E-state index in [1.54, 1.807) is 6.07 Å². The molecule has 0 aliphatic heterocycles. The van der Waals surface area contributed by atoms with E-state index in [0.29, 0.717) is 23.7 Å². The van der Waals surface area contributed by atoms with Crippen molar-refractivity contribution in [2.24, 2.45) is 0 Å². The third-order valence-corrected chi connectivity index (χ3v) is 5.49. The second-order valence-corrected chi connectivity index (χ2v) is 7.69. The maximum atomic E-state index is 12.6. The van der Waals surface area contributed by atoms with Gasteiger partial charge in [0.1, 0.15) is 5.82 Å². The summed E-state index contributed by atoms with van der Waals surface area (Å²) in [5.74, 6) is 0.704. The molecule has 1 heterocycles. The van der Waals surface area contributed by atoms with E-state index in [1.807, 2.05) is 31.3 Å². The number of pyridine rings is 1. The Bertz CT molecular complexity index is 1050. The number of benzene rings is 2. The topological polar surface area (TPSA) is 45.2 Å². The van der Waals surface area contributed by atoms with Crippen LogP contribution in [0.25, 0.3) is 10.9 Å². The van der Waals surface area contributed by atoms with Gasteiger partial charge in [-0.25, -0.2) is 4.98 Å². The molecule has 0 aliphatic carbocycles. The van der Waals surface area contributed by atoms with Crippen LogP contribution in [0.3, 0.4) is 0 Å². The Balaban J connectivity index is 1.61. The van der Waals surface area contributed by atoms with Crippen LogP contribution in [0, 0.1) is 0 Å². The molecule has 0 saturated carbocycles. The summed E-state index contributed by atoms with van der Waals surface area (Å²) in [6, 6.07) is 14.8. The largest absolute Gasteiger partial charge is 0.416 e. The second-order valence-electron chi connectivity index (χ2n) is 7.69. The molecule has 1 amide bonds. The van der Waals surface area contributed by atoms with Crippen LogP contribution < -0.4 is 10.2 Å². The minimum Gasteiger partial charge on any atom is -0.357 e. The highest BCUT2D eigenvalue weighted by molar-refractivity contribution is 5.94. The number of anilines is 2. The number of halogens is 3. The molecule has 7 heteroatoms. The summed E-state index contributed by atoms with van der Waals surface area (Å²) in [7, 11) is 2.02. The van der Waals surface area contributed by atoms with Gasteiger partial charge in [0, 0.05) is 30.6 Å². The molecular formula is C24H26F3N3O. The first-order valence-electron chi connectivity index (χ1n) is 10.3. The molecule has 0 saturated heterocycles. The van der Waals surface area contributed by atoms with Crippen LogP contribution in [-0.4, -0.2) is 24.0 Å². The first kappa shape index (κ1) is 22.6. The van der Waals surface area contributed by atoms with Crippen LogP contribution in [0.1, 0.15) is 37.8 Å². The molecule has 0 radical (unpaired) electrons. The molecule has 0 bridgehead atoms. The van der Waals surface area contributed by atoms with E-state index in [4.69, 9.17) is 4.98 Å². The molecule has 4 nitrogen and oxygen atoms in total. The van der Waals surface area contributed by atoms with Gasteiger partial charge in [0.2, 0.25) is 5.91 Å². The SMILES string of the molecule is CC[C@H](C)N(C)c1ccc2cc(NC(=O)CCc3ccc(C(F)(F)F)cc3)ccc2n1. The van der Waals surface area contributed by atoms with Crippen molar-refractivity contribution in [3.05, 3.63) is 65.7 Å². The lowest BCUT2D eigenvalue weighted by molar-refractivity contribution is -0.137. The van der Waals surface area contributed by atoms with Crippen molar-refractivity contribution in [3.63, 3.8) is 0 Å². The highest BCUT2D eigenvalue weighted by Crippen LogP contribution is 2.29. The molecule has 3 aromatic rings. The Morgan fingerprint density at radius 1 is 1.10 bits per heavy atom. The Kier molecular flexibility index (Phi) is 6.83. The average molecular weight is 429 g/mol. The molecule has 1 aromatic heterocycles. The number of alkyl halides is 3. The lowest BCUT2D eigenvalue weighted by Crippen LogP contribution is -2.28. The van der Waals surface area contributed by atoms with Gasteiger partial charge in [0.25, 0.3) is 0 Å². The van der Waals surface area contributed by atoms with Crippen molar-refractivity contribution in [2.45, 2.75) is 45.3 Å². The zero-order chi connectivity index (χ0) is 22.6. The van der Waals surface area contributed by atoms with Gasteiger partial charge in [-0.05, 0) is 67.8 Å². The summed E-state index contributed by atoms with van der Waals surface area (Å²) in [6.07, 6.45) is -2.79. The van der Waals surface area contributed by atoms with Crippen LogP contribution >= 0.6 is 0 Å². The Morgan fingerprint density at radius 3 is 2.45 bits per heavy atom. The number of carbonyl (C=O) groups excluding carboxylic acids is 1. The number of hydrogen-bond donors (Lipinski definition) is 1. The molecule has 1 N–H and O–H groups in total. The van der Waals surface area contributed by atoms with Crippen molar-refractivity contribution in [1.82, 2.24) is 4.98 Å². The molecule has 2 aromatic carbocycles. The molecular weight excluding hydrogens is 403 g/mol. The van der Waals surface area contributed by atoms with E-state index in [9.17, 15) is 18.0 Å². The molecule has 0 spiro atoms. The average Bonchev–Trinajstić information content (AvgIpc) is 2.76. The van der Waals surface area contributed by atoms with Gasteiger partial charge in [-0.1, -0.05) is 19.1 Å². The van der Waals surface area contributed by atoms with Gasteiger partial charge < -0.3 is 10.2 Å². The minimum absolute atomic E-state index is 0.181. The fourth-order valence-corrected chi connectivity index (χ4v) is 3.23. The first-order valence-corrected chi connectivity index (χ1v) is 10.3. The van der Waals surface area contributed by atoms with Gasteiger partial charge in [0.15, 0.2) is 0 Å². The van der Waals surface area contributed by atoms with Crippen LogP contribution in [0.2, 0.25) is 0 Å². The standard InChI is InChI=1S/C24H26F3N3O/c1-4-16(2)30(3)22-13-8-18-15-20(11-12-21(18)29-22)28-23(31)14-7-17-5-9-19(10-6-17)24(25,26)27/h5-6,8-13,15-16H,4,7,14H2,1-3H3,(H,28,31)/t16-/m0/s1. The molecule has 0 aliphatic rings. The van der Waals surface area contributed by atoms with Gasteiger partial charge in [-0.2, -0.15) is 13.2 Å². The predicted octanol–water partition coefficient (Wildman–Crippen LogP) is 6.06. The lowest BCUT2D eigenvalue weighted by Gasteiger charge is -2.25. The smallest absolute Gasteiger partial charge is 0.357 e. The van der Waals surface area contributed by atoms with Crippen molar-refractivity contribution in [3.8, 4) is 0 Å². The Hall–Kier alpha value is -3.09. The zero-order valence-electron chi connectivity index (χ0n) is 17.8. The van der Waals surface area contributed by atoms with Gasteiger partial charge in [-0.3, -0.25) is 4.79 Å². The third-order valence-electron chi connectivity index (χ3n) is 5.49. The summed E-state index contributed by atoms with van der Waals surface area (Å²) >= 11 is 0. The maximum absolute atomic E-state index is 12.6.